The van der Waals surface area contributed by atoms with Crippen molar-refractivity contribution in [3.63, 3.8) is 0 Å². The quantitative estimate of drug-likeness (QED) is 0.813. The number of hydrogen-bond donors (Lipinski definition) is 2. The van der Waals surface area contributed by atoms with Crippen LogP contribution < -0.4 is 5.32 Å². The second kappa shape index (κ2) is 6.59. The Balaban J connectivity index is 1.49. The monoisotopic (exact) mass is 354 g/mol. The molecule has 2 amide bonds. The average molecular weight is 354 g/mol. The van der Waals surface area contributed by atoms with Gasteiger partial charge in [-0.1, -0.05) is 18.2 Å². The number of aliphatic carboxylic acids is 1. The van der Waals surface area contributed by atoms with Gasteiger partial charge in [0.05, 0.1) is 11.8 Å². The summed E-state index contributed by atoms with van der Waals surface area (Å²) in [6.07, 6.45) is 6.65. The van der Waals surface area contributed by atoms with Crippen LogP contribution in [0.15, 0.2) is 36.4 Å². The van der Waals surface area contributed by atoms with E-state index >= 15 is 0 Å². The topological polar surface area (TPSA) is 86.7 Å². The Kier molecular flexibility index (Phi) is 4.26. The fourth-order valence-electron chi connectivity index (χ4n) is 4.57. The SMILES string of the molecule is O=C(Nc1cccc(C(=O)N2CCCC2)c1)[C@@H]1[C@H](C(=O)O)[C@H]2C=C[C@H]1C2. The van der Waals surface area contributed by atoms with Gasteiger partial charge >= 0.3 is 5.97 Å². The van der Waals surface area contributed by atoms with Crippen LogP contribution in [0.5, 0.6) is 0 Å². The Morgan fingerprint density at radius 2 is 1.73 bits per heavy atom. The summed E-state index contributed by atoms with van der Waals surface area (Å²) < 4.78 is 0. The second-order valence-corrected chi connectivity index (χ2v) is 7.41. The van der Waals surface area contributed by atoms with Crippen molar-refractivity contribution in [3.05, 3.63) is 42.0 Å². The molecule has 136 valence electrons. The minimum absolute atomic E-state index is 0.0180. The molecule has 4 rings (SSSR count). The Morgan fingerprint density at radius 1 is 1.04 bits per heavy atom. The van der Waals surface area contributed by atoms with Crippen LogP contribution in [0.3, 0.4) is 0 Å². The van der Waals surface area contributed by atoms with Crippen molar-refractivity contribution in [2.24, 2.45) is 23.7 Å². The Bertz CT molecular complexity index is 782. The minimum atomic E-state index is -0.917. The fraction of sp³-hybridized carbons (Fsp3) is 0.450. The molecule has 1 saturated heterocycles. The van der Waals surface area contributed by atoms with Gasteiger partial charge in [-0.15, -0.1) is 0 Å². The molecule has 2 aliphatic carbocycles. The molecule has 3 aliphatic rings. The minimum Gasteiger partial charge on any atom is -0.481 e. The molecule has 2 fully saturated rings. The van der Waals surface area contributed by atoms with E-state index in [1.54, 1.807) is 24.3 Å². The van der Waals surface area contributed by atoms with Crippen LogP contribution in [0.1, 0.15) is 29.6 Å². The number of anilines is 1. The first kappa shape index (κ1) is 16.8. The van der Waals surface area contributed by atoms with Gasteiger partial charge in [0, 0.05) is 24.3 Å². The van der Waals surface area contributed by atoms with Crippen molar-refractivity contribution < 1.29 is 19.5 Å². The van der Waals surface area contributed by atoms with E-state index in [1.807, 2.05) is 17.1 Å². The maximum atomic E-state index is 12.8. The summed E-state index contributed by atoms with van der Waals surface area (Å²) in [6.45, 7) is 1.54. The highest BCUT2D eigenvalue weighted by Gasteiger charge is 2.51. The van der Waals surface area contributed by atoms with Gasteiger partial charge in [0.2, 0.25) is 5.91 Å². The number of amides is 2. The fourth-order valence-corrected chi connectivity index (χ4v) is 4.57. The molecule has 0 aromatic heterocycles. The lowest BCUT2D eigenvalue weighted by molar-refractivity contribution is -0.146. The van der Waals surface area contributed by atoms with E-state index < -0.39 is 17.8 Å². The molecule has 6 heteroatoms. The number of carboxylic acids is 1. The number of fused-ring (bicyclic) bond motifs is 2. The Morgan fingerprint density at radius 3 is 2.42 bits per heavy atom. The molecular formula is C20H22N2O4. The lowest BCUT2D eigenvalue weighted by atomic mass is 9.82. The first-order valence-electron chi connectivity index (χ1n) is 9.16. The number of nitrogens with one attached hydrogen (secondary N) is 1. The van der Waals surface area contributed by atoms with Gasteiger partial charge in [-0.25, -0.2) is 0 Å². The Labute approximate surface area is 151 Å². The average Bonchev–Trinajstić information content (AvgIpc) is 3.37. The number of carboxylic acid groups (broad SMARTS) is 1. The van der Waals surface area contributed by atoms with Crippen molar-refractivity contribution in [2.75, 3.05) is 18.4 Å². The van der Waals surface area contributed by atoms with Crippen LogP contribution in [-0.2, 0) is 9.59 Å². The van der Waals surface area contributed by atoms with E-state index in [0.29, 0.717) is 11.3 Å². The molecule has 0 unspecified atom stereocenters. The summed E-state index contributed by atoms with van der Waals surface area (Å²) in [5, 5.41) is 12.3. The van der Waals surface area contributed by atoms with Gasteiger partial charge in [0.1, 0.15) is 0 Å². The summed E-state index contributed by atoms with van der Waals surface area (Å²) >= 11 is 0. The number of nitrogens with zero attached hydrogens (tertiary/aromatic N) is 1. The van der Waals surface area contributed by atoms with Crippen LogP contribution >= 0.6 is 0 Å². The van der Waals surface area contributed by atoms with Crippen molar-refractivity contribution in [1.29, 1.82) is 0 Å². The summed E-state index contributed by atoms with van der Waals surface area (Å²) in [5.74, 6) is -2.52. The molecule has 1 saturated carbocycles. The number of hydrogen-bond acceptors (Lipinski definition) is 3. The standard InChI is InChI=1S/C20H22N2O4/c23-18(16-12-6-7-13(10-12)17(16)20(25)26)21-15-5-3-4-14(11-15)19(24)22-8-1-2-9-22/h3-7,11-13,16-17H,1-2,8-10H2,(H,21,23)(H,25,26)/t12-,13-,16-,17+/m0/s1. The molecule has 1 aromatic carbocycles. The van der Waals surface area contributed by atoms with E-state index in [0.717, 1.165) is 32.4 Å². The summed E-state index contributed by atoms with van der Waals surface area (Å²) in [5.41, 5.74) is 1.09. The molecule has 1 aliphatic heterocycles. The Hall–Kier alpha value is -2.63. The maximum absolute atomic E-state index is 12.8. The predicted molar refractivity (Wildman–Crippen MR) is 95.6 cm³/mol. The molecule has 0 radical (unpaired) electrons. The lowest BCUT2D eigenvalue weighted by Gasteiger charge is -2.24. The number of allylic oxidation sites excluding steroid dienone is 2. The summed E-state index contributed by atoms with van der Waals surface area (Å²) in [7, 11) is 0. The van der Waals surface area contributed by atoms with Crippen LogP contribution in [0.2, 0.25) is 0 Å². The first-order valence-corrected chi connectivity index (χ1v) is 9.16. The van der Waals surface area contributed by atoms with E-state index in [1.165, 1.54) is 0 Å². The van der Waals surface area contributed by atoms with Crippen molar-refractivity contribution in [3.8, 4) is 0 Å². The van der Waals surface area contributed by atoms with E-state index in [-0.39, 0.29) is 23.7 Å². The molecule has 26 heavy (non-hydrogen) atoms. The maximum Gasteiger partial charge on any atom is 0.307 e. The molecular weight excluding hydrogens is 332 g/mol. The normalized spacial score (nSPS) is 29.2. The number of rotatable bonds is 4. The number of carbonyl (C=O) groups is 3. The smallest absolute Gasteiger partial charge is 0.307 e. The highest BCUT2D eigenvalue weighted by atomic mass is 16.4. The van der Waals surface area contributed by atoms with Gasteiger partial charge in [-0.05, 0) is 49.3 Å². The third kappa shape index (κ3) is 2.89. The van der Waals surface area contributed by atoms with E-state index in [9.17, 15) is 19.5 Å². The molecule has 1 heterocycles. The van der Waals surface area contributed by atoms with Crippen LogP contribution in [0, 0.1) is 23.7 Å². The van der Waals surface area contributed by atoms with Gasteiger partial charge < -0.3 is 15.3 Å². The van der Waals surface area contributed by atoms with Crippen molar-refractivity contribution >= 4 is 23.5 Å². The zero-order valence-electron chi connectivity index (χ0n) is 14.4. The zero-order valence-corrected chi connectivity index (χ0v) is 14.4. The number of likely N-dealkylation sites (tertiary alicyclic amines) is 1. The lowest BCUT2D eigenvalue weighted by Crippen LogP contribution is -2.36. The highest BCUT2D eigenvalue weighted by Crippen LogP contribution is 2.48. The first-order chi connectivity index (χ1) is 12.5. The van der Waals surface area contributed by atoms with Crippen LogP contribution in [0.4, 0.5) is 5.69 Å². The van der Waals surface area contributed by atoms with Crippen LogP contribution in [0.25, 0.3) is 0 Å². The van der Waals surface area contributed by atoms with E-state index in [4.69, 9.17) is 0 Å². The third-order valence-electron chi connectivity index (χ3n) is 5.82. The molecule has 0 spiro atoms. The van der Waals surface area contributed by atoms with Crippen molar-refractivity contribution in [1.82, 2.24) is 4.90 Å². The molecule has 1 aromatic rings. The number of carbonyl (C=O) groups excluding carboxylic acids is 2. The predicted octanol–water partition coefficient (Wildman–Crippen LogP) is 2.38. The highest BCUT2D eigenvalue weighted by molar-refractivity contribution is 5.99. The molecule has 2 N–H and O–H groups in total. The summed E-state index contributed by atoms with van der Waals surface area (Å²) in [6, 6.07) is 6.90. The van der Waals surface area contributed by atoms with Gasteiger partial charge in [-0.2, -0.15) is 0 Å². The van der Waals surface area contributed by atoms with Crippen molar-refractivity contribution in [2.45, 2.75) is 19.3 Å². The third-order valence-corrected chi connectivity index (χ3v) is 5.82. The largest absolute Gasteiger partial charge is 0.481 e. The van der Waals surface area contributed by atoms with Crippen LogP contribution in [-0.4, -0.2) is 40.9 Å². The van der Waals surface area contributed by atoms with Gasteiger partial charge in [0.25, 0.3) is 5.91 Å². The number of benzene rings is 1. The van der Waals surface area contributed by atoms with E-state index in [2.05, 4.69) is 5.32 Å². The zero-order chi connectivity index (χ0) is 18.3. The molecule has 2 bridgehead atoms. The second-order valence-electron chi connectivity index (χ2n) is 7.41. The van der Waals surface area contributed by atoms with Gasteiger partial charge in [-0.3, -0.25) is 14.4 Å². The molecule has 6 nitrogen and oxygen atoms in total. The van der Waals surface area contributed by atoms with Gasteiger partial charge in [0.15, 0.2) is 0 Å². The molecule has 4 atom stereocenters. The summed E-state index contributed by atoms with van der Waals surface area (Å²) in [4.78, 5) is 38.7.